The van der Waals surface area contributed by atoms with Gasteiger partial charge in [0.25, 0.3) is 0 Å². The van der Waals surface area contributed by atoms with Gasteiger partial charge in [-0.15, -0.1) is 0 Å². The minimum Gasteiger partial charge on any atom is -0.381 e. The Balaban J connectivity index is 2.35. The van der Waals surface area contributed by atoms with Gasteiger partial charge < -0.3 is 9.64 Å². The van der Waals surface area contributed by atoms with E-state index in [0.29, 0.717) is 12.5 Å². The third kappa shape index (κ3) is 5.65. The maximum atomic E-state index is 11.8. The summed E-state index contributed by atoms with van der Waals surface area (Å²) in [5.74, 6) is 0.472. The molecule has 108 valence electrons. The number of hydrogen-bond acceptors (Lipinski definition) is 4. The van der Waals surface area contributed by atoms with Gasteiger partial charge in [0.1, 0.15) is 0 Å². The van der Waals surface area contributed by atoms with Crippen molar-refractivity contribution in [3.63, 3.8) is 0 Å². The predicted molar refractivity (Wildman–Crippen MR) is 73.1 cm³/mol. The molecule has 1 fully saturated rings. The van der Waals surface area contributed by atoms with E-state index in [0.717, 1.165) is 32.5 Å². The van der Waals surface area contributed by atoms with Crippen LogP contribution in [0.3, 0.4) is 0 Å². The van der Waals surface area contributed by atoms with Gasteiger partial charge in [-0.2, -0.15) is 0 Å². The third-order valence-electron chi connectivity index (χ3n) is 3.50. The molecular weight excluding hydrogens is 252 g/mol. The summed E-state index contributed by atoms with van der Waals surface area (Å²) < 4.78 is 31.3. The number of likely N-dealkylation sites (tertiary alicyclic amines) is 1. The van der Waals surface area contributed by atoms with Gasteiger partial charge in [0.2, 0.25) is 10.0 Å². The van der Waals surface area contributed by atoms with E-state index in [4.69, 9.17) is 4.74 Å². The van der Waals surface area contributed by atoms with E-state index in [1.807, 2.05) is 0 Å². The first-order valence-corrected chi connectivity index (χ1v) is 8.34. The summed E-state index contributed by atoms with van der Waals surface area (Å²) in [4.78, 5) is 2.38. The van der Waals surface area contributed by atoms with Gasteiger partial charge in [0.05, 0.1) is 11.9 Å². The summed E-state index contributed by atoms with van der Waals surface area (Å²) in [7, 11) is -1.68. The lowest BCUT2D eigenvalue weighted by molar-refractivity contribution is 0.136. The lowest BCUT2D eigenvalue weighted by Crippen LogP contribution is -2.42. The van der Waals surface area contributed by atoms with E-state index in [1.165, 1.54) is 7.11 Å². The van der Waals surface area contributed by atoms with Crippen LogP contribution in [0.1, 0.15) is 26.7 Å². The van der Waals surface area contributed by atoms with Gasteiger partial charge in [0, 0.05) is 20.2 Å². The molecule has 2 atom stereocenters. The van der Waals surface area contributed by atoms with Crippen LogP contribution < -0.4 is 4.72 Å². The zero-order chi connectivity index (χ0) is 13.6. The molecule has 1 rings (SSSR count). The van der Waals surface area contributed by atoms with E-state index in [2.05, 4.69) is 16.5 Å². The van der Waals surface area contributed by atoms with E-state index in [9.17, 15) is 8.42 Å². The molecule has 2 unspecified atom stereocenters. The number of ether oxygens (including phenoxy) is 1. The molecule has 5 nitrogen and oxygen atoms in total. The summed E-state index contributed by atoms with van der Waals surface area (Å²) in [6, 6.07) is 0. The number of piperidine rings is 1. The number of nitrogens with zero attached hydrogens (tertiary/aromatic N) is 1. The average molecular weight is 278 g/mol. The summed E-state index contributed by atoms with van der Waals surface area (Å²) >= 11 is 0. The first kappa shape index (κ1) is 15.9. The monoisotopic (exact) mass is 278 g/mol. The van der Waals surface area contributed by atoms with Crippen LogP contribution in [0.25, 0.3) is 0 Å². The number of sulfonamides is 1. The molecule has 1 heterocycles. The van der Waals surface area contributed by atoms with Crippen LogP contribution in [0.2, 0.25) is 0 Å². The molecule has 0 aromatic heterocycles. The number of nitrogens with one attached hydrogen (secondary N) is 1. The highest BCUT2D eigenvalue weighted by atomic mass is 32.2. The van der Waals surface area contributed by atoms with Crippen LogP contribution in [0, 0.1) is 5.92 Å². The molecular formula is C12H26N2O3S. The Labute approximate surface area is 111 Å². The van der Waals surface area contributed by atoms with Crippen molar-refractivity contribution in [1.82, 2.24) is 9.62 Å². The Bertz CT molecular complexity index is 332. The van der Waals surface area contributed by atoms with E-state index in [1.54, 1.807) is 6.92 Å². The van der Waals surface area contributed by atoms with Gasteiger partial charge in [-0.1, -0.05) is 6.92 Å². The van der Waals surface area contributed by atoms with Crippen molar-refractivity contribution in [3.05, 3.63) is 0 Å². The first-order chi connectivity index (χ1) is 8.46. The van der Waals surface area contributed by atoms with E-state index < -0.39 is 10.0 Å². The molecule has 0 aliphatic carbocycles. The Hall–Kier alpha value is -0.170. The molecule has 6 heteroatoms. The molecule has 1 N–H and O–H groups in total. The highest BCUT2D eigenvalue weighted by molar-refractivity contribution is 7.89. The summed E-state index contributed by atoms with van der Waals surface area (Å²) in [6.45, 7) is 7.64. The van der Waals surface area contributed by atoms with Crippen molar-refractivity contribution in [2.75, 3.05) is 39.0 Å². The molecule has 0 aromatic carbocycles. The summed E-state index contributed by atoms with van der Waals surface area (Å²) in [5, 5.41) is 0. The van der Waals surface area contributed by atoms with E-state index >= 15 is 0 Å². The highest BCUT2D eigenvalue weighted by Crippen LogP contribution is 2.15. The Morgan fingerprint density at radius 2 is 2.22 bits per heavy atom. The number of hydrogen-bond donors (Lipinski definition) is 1. The van der Waals surface area contributed by atoms with Crippen molar-refractivity contribution in [2.45, 2.75) is 32.8 Å². The van der Waals surface area contributed by atoms with Crippen LogP contribution in [0.4, 0.5) is 0 Å². The Morgan fingerprint density at radius 3 is 2.83 bits per heavy atom. The maximum Gasteiger partial charge on any atom is 0.214 e. The molecule has 0 spiro atoms. The quantitative estimate of drug-likeness (QED) is 0.744. The third-order valence-corrected chi connectivity index (χ3v) is 5.01. The van der Waals surface area contributed by atoms with Crippen LogP contribution in [-0.2, 0) is 14.8 Å². The largest absolute Gasteiger partial charge is 0.381 e. The minimum atomic E-state index is -3.21. The van der Waals surface area contributed by atoms with Crippen molar-refractivity contribution in [2.24, 2.45) is 5.92 Å². The maximum absolute atomic E-state index is 11.8. The predicted octanol–water partition coefficient (Wildman–Crippen LogP) is 0.673. The lowest BCUT2D eigenvalue weighted by Gasteiger charge is -2.31. The Kier molecular flexibility index (Phi) is 6.55. The molecule has 0 aromatic rings. The minimum absolute atomic E-state index is 0.0354. The number of methoxy groups -OCH3 is 1. The van der Waals surface area contributed by atoms with Crippen LogP contribution in [-0.4, -0.2) is 58.5 Å². The summed E-state index contributed by atoms with van der Waals surface area (Å²) in [5.41, 5.74) is 0. The lowest BCUT2D eigenvalue weighted by atomic mass is 9.98. The van der Waals surface area contributed by atoms with Crippen LogP contribution in [0.15, 0.2) is 0 Å². The fourth-order valence-electron chi connectivity index (χ4n) is 2.29. The van der Waals surface area contributed by atoms with Crippen molar-refractivity contribution < 1.29 is 13.2 Å². The zero-order valence-electron chi connectivity index (χ0n) is 11.7. The van der Waals surface area contributed by atoms with E-state index in [-0.39, 0.29) is 11.9 Å². The fourth-order valence-corrected chi connectivity index (χ4v) is 3.65. The fraction of sp³-hybridized carbons (Fsp3) is 1.00. The van der Waals surface area contributed by atoms with Gasteiger partial charge in [-0.25, -0.2) is 13.1 Å². The van der Waals surface area contributed by atoms with Crippen molar-refractivity contribution >= 4 is 10.0 Å². The van der Waals surface area contributed by atoms with Crippen LogP contribution in [0.5, 0.6) is 0 Å². The zero-order valence-corrected chi connectivity index (χ0v) is 12.5. The normalized spacial score (nSPS) is 24.1. The average Bonchev–Trinajstić information content (AvgIpc) is 2.36. The number of rotatable bonds is 7. The second-order valence-corrected chi connectivity index (χ2v) is 6.93. The standard InChI is InChI=1S/C12H26N2O3S/c1-4-14-7-5-6-12(9-14)8-13-18(15,16)10-11(2)17-3/h11-13H,4-10H2,1-3H3. The molecule has 0 saturated carbocycles. The molecule has 0 radical (unpaired) electrons. The summed E-state index contributed by atoms with van der Waals surface area (Å²) in [6.07, 6.45) is 2.01. The molecule has 0 bridgehead atoms. The van der Waals surface area contributed by atoms with Crippen molar-refractivity contribution in [1.29, 1.82) is 0 Å². The van der Waals surface area contributed by atoms with Gasteiger partial charge in [-0.05, 0) is 38.8 Å². The molecule has 1 aliphatic rings. The topological polar surface area (TPSA) is 58.6 Å². The van der Waals surface area contributed by atoms with Gasteiger partial charge in [-0.3, -0.25) is 0 Å². The molecule has 1 aliphatic heterocycles. The Morgan fingerprint density at radius 1 is 1.50 bits per heavy atom. The van der Waals surface area contributed by atoms with Crippen molar-refractivity contribution in [3.8, 4) is 0 Å². The second kappa shape index (κ2) is 7.43. The molecule has 0 amide bonds. The first-order valence-electron chi connectivity index (χ1n) is 6.69. The molecule has 18 heavy (non-hydrogen) atoms. The van der Waals surface area contributed by atoms with Gasteiger partial charge >= 0.3 is 0 Å². The second-order valence-electron chi connectivity index (χ2n) is 5.08. The SMILES string of the molecule is CCN1CCCC(CNS(=O)(=O)CC(C)OC)C1. The van der Waals surface area contributed by atoms with Crippen LogP contribution >= 0.6 is 0 Å². The smallest absolute Gasteiger partial charge is 0.214 e. The molecule has 1 saturated heterocycles. The van der Waals surface area contributed by atoms with Gasteiger partial charge in [0.15, 0.2) is 0 Å². The highest BCUT2D eigenvalue weighted by Gasteiger charge is 2.21.